The molecule has 0 aliphatic heterocycles. The third-order valence-corrected chi connectivity index (χ3v) is 2.64. The summed E-state index contributed by atoms with van der Waals surface area (Å²) in [4.78, 5) is 16.0. The van der Waals surface area contributed by atoms with Gasteiger partial charge in [0, 0.05) is 0 Å². The normalized spacial score (nSPS) is 9.62. The van der Waals surface area contributed by atoms with Crippen LogP contribution in [0.4, 0.5) is 10.2 Å². The third kappa shape index (κ3) is 4.41. The van der Waals surface area contributed by atoms with Gasteiger partial charge in [0.15, 0.2) is 0 Å². The van der Waals surface area contributed by atoms with Crippen LogP contribution in [-0.4, -0.2) is 17.4 Å². The van der Waals surface area contributed by atoms with Crippen LogP contribution in [0, 0.1) is 17.7 Å². The van der Waals surface area contributed by atoms with Crippen molar-refractivity contribution in [3.05, 3.63) is 59.5 Å². The van der Waals surface area contributed by atoms with E-state index in [4.69, 9.17) is 5.73 Å². The van der Waals surface area contributed by atoms with Gasteiger partial charge in [0.25, 0.3) is 0 Å². The van der Waals surface area contributed by atoms with Crippen molar-refractivity contribution in [3.63, 3.8) is 0 Å². The van der Waals surface area contributed by atoms with E-state index >= 15 is 0 Å². The second-order valence-corrected chi connectivity index (χ2v) is 4.23. The Labute approximate surface area is 122 Å². The maximum atomic E-state index is 13.5. The predicted molar refractivity (Wildman–Crippen MR) is 78.9 cm³/mol. The number of nitrogens with two attached hydrogens (primary N) is 1. The molecule has 0 aliphatic rings. The number of amides is 1. The predicted octanol–water partition coefficient (Wildman–Crippen LogP) is 1.71. The first-order valence-electron chi connectivity index (χ1n) is 6.38. The highest BCUT2D eigenvalue weighted by Gasteiger charge is 2.08. The maximum Gasteiger partial charge on any atom is 0.230 e. The first kappa shape index (κ1) is 14.7. The molecule has 2 aromatic rings. The van der Waals surface area contributed by atoms with Crippen molar-refractivity contribution < 1.29 is 9.18 Å². The molecule has 5 heteroatoms. The van der Waals surface area contributed by atoms with E-state index in [0.717, 1.165) is 0 Å². The summed E-state index contributed by atoms with van der Waals surface area (Å²) in [6.45, 7) is 0.242. The number of pyridine rings is 1. The van der Waals surface area contributed by atoms with E-state index < -0.39 is 5.82 Å². The molecule has 21 heavy (non-hydrogen) atoms. The van der Waals surface area contributed by atoms with Crippen molar-refractivity contribution in [2.24, 2.45) is 5.73 Å². The van der Waals surface area contributed by atoms with Crippen LogP contribution in [0.2, 0.25) is 0 Å². The molecule has 0 spiro atoms. The molecular formula is C16H14FN3O. The van der Waals surface area contributed by atoms with Gasteiger partial charge in [-0.1, -0.05) is 30.2 Å². The van der Waals surface area contributed by atoms with Gasteiger partial charge in [-0.3, -0.25) is 4.79 Å². The molecule has 1 amide bonds. The van der Waals surface area contributed by atoms with Crippen LogP contribution in [-0.2, 0) is 11.2 Å². The molecule has 0 unspecified atom stereocenters. The number of halogens is 1. The lowest BCUT2D eigenvalue weighted by molar-refractivity contribution is -0.115. The van der Waals surface area contributed by atoms with E-state index in [9.17, 15) is 9.18 Å². The van der Waals surface area contributed by atoms with Gasteiger partial charge in [-0.25, -0.2) is 9.37 Å². The van der Waals surface area contributed by atoms with Crippen LogP contribution in [0.25, 0.3) is 0 Å². The Kier molecular flexibility index (Phi) is 5.02. The lowest BCUT2D eigenvalue weighted by Crippen LogP contribution is -2.16. The number of nitrogens with zero attached hydrogens (tertiary/aromatic N) is 1. The van der Waals surface area contributed by atoms with Crippen LogP contribution < -0.4 is 11.1 Å². The van der Waals surface area contributed by atoms with Crippen molar-refractivity contribution in [2.45, 2.75) is 6.42 Å². The van der Waals surface area contributed by atoms with E-state index in [2.05, 4.69) is 22.1 Å². The molecule has 106 valence electrons. The molecule has 3 N–H and O–H groups in total. The van der Waals surface area contributed by atoms with Crippen molar-refractivity contribution in [2.75, 3.05) is 11.9 Å². The zero-order chi connectivity index (χ0) is 15.1. The Morgan fingerprint density at radius 3 is 2.81 bits per heavy atom. The summed E-state index contributed by atoms with van der Waals surface area (Å²) in [6, 6.07) is 11.3. The number of rotatable bonds is 3. The highest BCUT2D eigenvalue weighted by molar-refractivity contribution is 5.91. The fourth-order valence-corrected chi connectivity index (χ4v) is 1.72. The number of carbonyl (C=O) groups is 1. The van der Waals surface area contributed by atoms with E-state index in [1.54, 1.807) is 36.4 Å². The molecule has 0 saturated carbocycles. The molecule has 0 bridgehead atoms. The Hall–Kier alpha value is -2.71. The van der Waals surface area contributed by atoms with Gasteiger partial charge in [0.1, 0.15) is 17.3 Å². The third-order valence-electron chi connectivity index (χ3n) is 2.64. The average Bonchev–Trinajstić information content (AvgIpc) is 2.48. The quantitative estimate of drug-likeness (QED) is 0.843. The SMILES string of the molecule is NCC#Cc1cccc(NC(=O)Cc2ccccc2F)n1. The lowest BCUT2D eigenvalue weighted by atomic mass is 10.1. The molecule has 2 rings (SSSR count). The van der Waals surface area contributed by atoms with Gasteiger partial charge < -0.3 is 11.1 Å². The molecule has 0 radical (unpaired) electrons. The number of hydrogen-bond acceptors (Lipinski definition) is 3. The Balaban J connectivity index is 2.04. The fraction of sp³-hybridized carbons (Fsp3) is 0.125. The molecule has 0 saturated heterocycles. The summed E-state index contributed by atoms with van der Waals surface area (Å²) in [5, 5.41) is 2.62. The van der Waals surface area contributed by atoms with E-state index in [1.807, 2.05) is 0 Å². The Morgan fingerprint density at radius 1 is 1.24 bits per heavy atom. The molecule has 0 aliphatic carbocycles. The van der Waals surface area contributed by atoms with Gasteiger partial charge in [0.2, 0.25) is 5.91 Å². The van der Waals surface area contributed by atoms with Gasteiger partial charge in [-0.15, -0.1) is 0 Å². The highest BCUT2D eigenvalue weighted by atomic mass is 19.1. The summed E-state index contributed by atoms with van der Waals surface area (Å²) in [5.74, 6) is 5.10. The zero-order valence-corrected chi connectivity index (χ0v) is 11.3. The van der Waals surface area contributed by atoms with Crippen LogP contribution in [0.3, 0.4) is 0 Å². The van der Waals surface area contributed by atoms with E-state index in [1.165, 1.54) is 6.07 Å². The minimum atomic E-state index is -0.400. The van der Waals surface area contributed by atoms with Gasteiger partial charge in [-0.2, -0.15) is 0 Å². The number of benzene rings is 1. The Morgan fingerprint density at radius 2 is 2.05 bits per heavy atom. The topological polar surface area (TPSA) is 68.0 Å². The molecule has 1 aromatic heterocycles. The summed E-state index contributed by atoms with van der Waals surface area (Å²) < 4.78 is 13.5. The van der Waals surface area contributed by atoms with Gasteiger partial charge in [-0.05, 0) is 29.7 Å². The van der Waals surface area contributed by atoms with Gasteiger partial charge in [0.05, 0.1) is 13.0 Å². The first-order chi connectivity index (χ1) is 10.2. The highest BCUT2D eigenvalue weighted by Crippen LogP contribution is 2.09. The molecule has 0 atom stereocenters. The first-order valence-corrected chi connectivity index (χ1v) is 6.38. The van der Waals surface area contributed by atoms with Crippen LogP contribution in [0.1, 0.15) is 11.3 Å². The Bertz CT molecular complexity index is 704. The van der Waals surface area contributed by atoms with E-state index in [0.29, 0.717) is 17.1 Å². The number of anilines is 1. The molecule has 4 nitrogen and oxygen atoms in total. The molecule has 1 aromatic carbocycles. The number of aromatic nitrogens is 1. The zero-order valence-electron chi connectivity index (χ0n) is 11.3. The van der Waals surface area contributed by atoms with Crippen LogP contribution in [0.5, 0.6) is 0 Å². The second kappa shape index (κ2) is 7.17. The number of hydrogen-bond donors (Lipinski definition) is 2. The summed E-state index contributed by atoms with van der Waals surface area (Å²) in [7, 11) is 0. The summed E-state index contributed by atoms with van der Waals surface area (Å²) in [5.41, 5.74) is 6.15. The minimum Gasteiger partial charge on any atom is -0.320 e. The van der Waals surface area contributed by atoms with Crippen molar-refractivity contribution in [1.82, 2.24) is 4.98 Å². The number of carbonyl (C=O) groups excluding carboxylic acids is 1. The second-order valence-electron chi connectivity index (χ2n) is 4.23. The monoisotopic (exact) mass is 283 g/mol. The number of nitrogens with one attached hydrogen (secondary N) is 1. The van der Waals surface area contributed by atoms with Crippen molar-refractivity contribution in [1.29, 1.82) is 0 Å². The largest absolute Gasteiger partial charge is 0.320 e. The molecule has 0 fully saturated rings. The average molecular weight is 283 g/mol. The van der Waals surface area contributed by atoms with Crippen molar-refractivity contribution in [3.8, 4) is 11.8 Å². The fourth-order valence-electron chi connectivity index (χ4n) is 1.72. The van der Waals surface area contributed by atoms with Crippen LogP contribution >= 0.6 is 0 Å². The lowest BCUT2D eigenvalue weighted by Gasteiger charge is -2.05. The van der Waals surface area contributed by atoms with Gasteiger partial charge >= 0.3 is 0 Å². The van der Waals surface area contributed by atoms with Crippen molar-refractivity contribution >= 4 is 11.7 Å². The molecule has 1 heterocycles. The summed E-state index contributed by atoms with van der Waals surface area (Å²) >= 11 is 0. The minimum absolute atomic E-state index is 0.0486. The van der Waals surface area contributed by atoms with Crippen LogP contribution in [0.15, 0.2) is 42.5 Å². The smallest absolute Gasteiger partial charge is 0.230 e. The standard InChI is InChI=1S/C16H14FN3O/c17-14-8-2-1-5-12(14)11-16(21)20-15-9-3-6-13(19-15)7-4-10-18/h1-3,5-6,8-9H,10-11,18H2,(H,19,20,21). The van der Waals surface area contributed by atoms with E-state index in [-0.39, 0.29) is 18.9 Å². The molecular weight excluding hydrogens is 269 g/mol. The summed E-state index contributed by atoms with van der Waals surface area (Å²) in [6.07, 6.45) is -0.0486. The maximum absolute atomic E-state index is 13.5.